The summed E-state index contributed by atoms with van der Waals surface area (Å²) in [5.74, 6) is 0.507. The molecule has 2 rings (SSSR count). The molecular weight excluding hydrogens is 333 g/mol. The standard InChI is InChI=1S/C18H19Cl2NO2/c1-4-16(23-17-9-11(2)5-6-12(17)3)18(22)21-13-7-8-14(19)15(20)10-13/h5-10,16H,4H2,1-3H3,(H,21,22)/t16-/m1/s1. The molecular formula is C18H19Cl2NO2. The molecule has 0 aliphatic carbocycles. The molecule has 5 heteroatoms. The predicted molar refractivity (Wildman–Crippen MR) is 95.7 cm³/mol. The molecule has 1 atom stereocenters. The molecule has 1 amide bonds. The fraction of sp³-hybridized carbons (Fsp3) is 0.278. The third-order valence-electron chi connectivity index (χ3n) is 3.46. The third-order valence-corrected chi connectivity index (χ3v) is 4.20. The van der Waals surface area contributed by atoms with E-state index in [1.807, 2.05) is 39.0 Å². The normalized spacial score (nSPS) is 11.9. The number of aryl methyl sites for hydroxylation is 2. The average Bonchev–Trinajstić information content (AvgIpc) is 2.51. The van der Waals surface area contributed by atoms with Crippen LogP contribution in [0.2, 0.25) is 10.0 Å². The van der Waals surface area contributed by atoms with Gasteiger partial charge in [-0.2, -0.15) is 0 Å². The number of amides is 1. The van der Waals surface area contributed by atoms with Crippen molar-refractivity contribution in [3.8, 4) is 5.75 Å². The van der Waals surface area contributed by atoms with Gasteiger partial charge in [0.1, 0.15) is 5.75 Å². The smallest absolute Gasteiger partial charge is 0.265 e. The van der Waals surface area contributed by atoms with E-state index < -0.39 is 6.10 Å². The Morgan fingerprint density at radius 2 is 1.87 bits per heavy atom. The van der Waals surface area contributed by atoms with Crippen molar-refractivity contribution in [3.05, 3.63) is 57.6 Å². The summed E-state index contributed by atoms with van der Waals surface area (Å²) < 4.78 is 5.89. The number of anilines is 1. The summed E-state index contributed by atoms with van der Waals surface area (Å²) in [5.41, 5.74) is 2.68. The van der Waals surface area contributed by atoms with Gasteiger partial charge in [-0.25, -0.2) is 0 Å². The molecule has 0 fully saturated rings. The summed E-state index contributed by atoms with van der Waals surface area (Å²) >= 11 is 11.8. The second-order valence-electron chi connectivity index (χ2n) is 5.40. The summed E-state index contributed by atoms with van der Waals surface area (Å²) in [4.78, 5) is 12.4. The van der Waals surface area contributed by atoms with Crippen LogP contribution in [0.3, 0.4) is 0 Å². The van der Waals surface area contributed by atoms with E-state index in [4.69, 9.17) is 27.9 Å². The maximum Gasteiger partial charge on any atom is 0.265 e. The van der Waals surface area contributed by atoms with Crippen molar-refractivity contribution >= 4 is 34.8 Å². The number of nitrogens with one attached hydrogen (secondary N) is 1. The maximum atomic E-state index is 12.4. The predicted octanol–water partition coefficient (Wildman–Crippen LogP) is 5.41. The van der Waals surface area contributed by atoms with Crippen LogP contribution in [0, 0.1) is 13.8 Å². The minimum atomic E-state index is -0.579. The Morgan fingerprint density at radius 3 is 2.52 bits per heavy atom. The Morgan fingerprint density at radius 1 is 1.13 bits per heavy atom. The summed E-state index contributed by atoms with van der Waals surface area (Å²) in [5, 5.41) is 3.65. The van der Waals surface area contributed by atoms with E-state index in [2.05, 4.69) is 5.32 Å². The molecule has 0 spiro atoms. The van der Waals surface area contributed by atoms with Crippen LogP contribution in [0.5, 0.6) is 5.75 Å². The van der Waals surface area contributed by atoms with E-state index in [0.29, 0.717) is 22.2 Å². The summed E-state index contributed by atoms with van der Waals surface area (Å²) in [6, 6.07) is 10.9. The fourth-order valence-electron chi connectivity index (χ4n) is 2.11. The lowest BCUT2D eigenvalue weighted by atomic mass is 10.1. The van der Waals surface area contributed by atoms with Crippen LogP contribution in [0.4, 0.5) is 5.69 Å². The van der Waals surface area contributed by atoms with Crippen LogP contribution in [0.25, 0.3) is 0 Å². The SMILES string of the molecule is CC[C@@H](Oc1cc(C)ccc1C)C(=O)Nc1ccc(Cl)c(Cl)c1. The van der Waals surface area contributed by atoms with Gasteiger partial charge in [0.2, 0.25) is 0 Å². The molecule has 0 aliphatic heterocycles. The highest BCUT2D eigenvalue weighted by atomic mass is 35.5. The summed E-state index contributed by atoms with van der Waals surface area (Å²) in [6.07, 6.45) is -0.0227. The monoisotopic (exact) mass is 351 g/mol. The molecule has 0 saturated carbocycles. The van der Waals surface area contributed by atoms with Crippen LogP contribution in [0.15, 0.2) is 36.4 Å². The highest BCUT2D eigenvalue weighted by molar-refractivity contribution is 6.42. The minimum Gasteiger partial charge on any atom is -0.480 e. The van der Waals surface area contributed by atoms with Gasteiger partial charge in [0.15, 0.2) is 6.10 Å². The Hall–Kier alpha value is -1.71. The van der Waals surface area contributed by atoms with E-state index in [1.165, 1.54) is 0 Å². The number of ether oxygens (including phenoxy) is 1. The van der Waals surface area contributed by atoms with Crippen LogP contribution < -0.4 is 10.1 Å². The van der Waals surface area contributed by atoms with E-state index >= 15 is 0 Å². The second kappa shape index (κ2) is 7.71. The molecule has 122 valence electrons. The zero-order valence-electron chi connectivity index (χ0n) is 13.3. The molecule has 2 aromatic rings. The van der Waals surface area contributed by atoms with Crippen LogP contribution in [-0.2, 0) is 4.79 Å². The Labute approximate surface area is 146 Å². The van der Waals surface area contributed by atoms with Crippen molar-refractivity contribution in [2.24, 2.45) is 0 Å². The van der Waals surface area contributed by atoms with Gasteiger partial charge in [-0.1, -0.05) is 42.3 Å². The van der Waals surface area contributed by atoms with Gasteiger partial charge in [0, 0.05) is 5.69 Å². The molecule has 0 bridgehead atoms. The van der Waals surface area contributed by atoms with Gasteiger partial charge >= 0.3 is 0 Å². The zero-order valence-corrected chi connectivity index (χ0v) is 14.8. The van der Waals surface area contributed by atoms with Crippen molar-refractivity contribution in [2.75, 3.05) is 5.32 Å². The summed E-state index contributed by atoms with van der Waals surface area (Å²) in [6.45, 7) is 5.85. The second-order valence-corrected chi connectivity index (χ2v) is 6.22. The van der Waals surface area contributed by atoms with E-state index in [1.54, 1.807) is 18.2 Å². The number of carbonyl (C=O) groups excluding carboxylic acids is 1. The molecule has 0 radical (unpaired) electrons. The lowest BCUT2D eigenvalue weighted by Gasteiger charge is -2.19. The maximum absolute atomic E-state index is 12.4. The van der Waals surface area contributed by atoms with Crippen molar-refractivity contribution in [3.63, 3.8) is 0 Å². The largest absolute Gasteiger partial charge is 0.480 e. The number of rotatable bonds is 5. The van der Waals surface area contributed by atoms with Gasteiger partial charge in [-0.05, 0) is 55.7 Å². The highest BCUT2D eigenvalue weighted by Gasteiger charge is 2.19. The van der Waals surface area contributed by atoms with Gasteiger partial charge in [-0.15, -0.1) is 0 Å². The van der Waals surface area contributed by atoms with Crippen LogP contribution >= 0.6 is 23.2 Å². The lowest BCUT2D eigenvalue weighted by molar-refractivity contribution is -0.122. The van der Waals surface area contributed by atoms with Crippen molar-refractivity contribution in [2.45, 2.75) is 33.3 Å². The molecule has 23 heavy (non-hydrogen) atoms. The molecule has 3 nitrogen and oxygen atoms in total. The number of hydrogen-bond donors (Lipinski definition) is 1. The van der Waals surface area contributed by atoms with Crippen LogP contribution in [-0.4, -0.2) is 12.0 Å². The molecule has 2 aromatic carbocycles. The number of halogens is 2. The minimum absolute atomic E-state index is 0.216. The van der Waals surface area contributed by atoms with Gasteiger partial charge in [-0.3, -0.25) is 4.79 Å². The molecule has 0 unspecified atom stereocenters. The first-order chi connectivity index (χ1) is 10.9. The molecule has 1 N–H and O–H groups in total. The van der Waals surface area contributed by atoms with Crippen LogP contribution in [0.1, 0.15) is 24.5 Å². The fourth-order valence-corrected chi connectivity index (χ4v) is 2.40. The quantitative estimate of drug-likeness (QED) is 0.782. The van der Waals surface area contributed by atoms with E-state index in [0.717, 1.165) is 16.9 Å². The lowest BCUT2D eigenvalue weighted by Crippen LogP contribution is -2.32. The Bertz CT molecular complexity index is 716. The molecule has 0 aliphatic rings. The Balaban J connectivity index is 2.11. The van der Waals surface area contributed by atoms with Crippen molar-refractivity contribution in [1.29, 1.82) is 0 Å². The molecule has 0 aromatic heterocycles. The number of hydrogen-bond acceptors (Lipinski definition) is 2. The first-order valence-electron chi connectivity index (χ1n) is 7.40. The van der Waals surface area contributed by atoms with Crippen molar-refractivity contribution in [1.82, 2.24) is 0 Å². The topological polar surface area (TPSA) is 38.3 Å². The zero-order chi connectivity index (χ0) is 17.0. The third kappa shape index (κ3) is 4.63. The van der Waals surface area contributed by atoms with Gasteiger partial charge in [0.25, 0.3) is 5.91 Å². The Kier molecular flexibility index (Phi) is 5.91. The van der Waals surface area contributed by atoms with E-state index in [9.17, 15) is 4.79 Å². The first kappa shape index (κ1) is 17.6. The molecule has 0 heterocycles. The molecule has 0 saturated heterocycles. The van der Waals surface area contributed by atoms with Gasteiger partial charge < -0.3 is 10.1 Å². The number of carbonyl (C=O) groups is 1. The number of benzene rings is 2. The van der Waals surface area contributed by atoms with Crippen molar-refractivity contribution < 1.29 is 9.53 Å². The van der Waals surface area contributed by atoms with E-state index in [-0.39, 0.29) is 5.91 Å². The highest BCUT2D eigenvalue weighted by Crippen LogP contribution is 2.26. The van der Waals surface area contributed by atoms with Gasteiger partial charge in [0.05, 0.1) is 10.0 Å². The average molecular weight is 352 g/mol. The first-order valence-corrected chi connectivity index (χ1v) is 8.16. The summed E-state index contributed by atoms with van der Waals surface area (Å²) in [7, 11) is 0.